The van der Waals surface area contributed by atoms with Gasteiger partial charge in [-0.3, -0.25) is 9.59 Å². The molecule has 2 amide bonds. The van der Waals surface area contributed by atoms with Crippen molar-refractivity contribution in [2.45, 2.75) is 6.92 Å². The first-order valence-corrected chi connectivity index (χ1v) is 7.60. The Balaban J connectivity index is 1.93. The lowest BCUT2D eigenvalue weighted by molar-refractivity contribution is -0.118. The molecule has 25 heavy (non-hydrogen) atoms. The molecule has 0 atom stereocenters. The molecule has 0 aliphatic rings. The van der Waals surface area contributed by atoms with E-state index in [-0.39, 0.29) is 17.9 Å². The Labute approximate surface area is 144 Å². The summed E-state index contributed by atoms with van der Waals surface area (Å²) in [5.41, 5.74) is 6.35. The maximum Gasteiger partial charge on any atom is 0.338 e. The Kier molecular flexibility index (Phi) is 6.11. The molecule has 0 heterocycles. The largest absolute Gasteiger partial charge is 0.483 e. The first-order valence-electron chi connectivity index (χ1n) is 7.60. The third-order valence-corrected chi connectivity index (χ3v) is 3.19. The molecule has 3 N–H and O–H groups in total. The summed E-state index contributed by atoms with van der Waals surface area (Å²) >= 11 is 0. The van der Waals surface area contributed by atoms with Crippen LogP contribution in [0, 0.1) is 0 Å². The smallest absolute Gasteiger partial charge is 0.338 e. The summed E-state index contributed by atoms with van der Waals surface area (Å²) in [6, 6.07) is 12.7. The fraction of sp³-hybridized carbons (Fsp3) is 0.167. The lowest BCUT2D eigenvalue weighted by atomic mass is 10.2. The van der Waals surface area contributed by atoms with Crippen LogP contribution in [0.1, 0.15) is 27.6 Å². The second-order valence-corrected chi connectivity index (χ2v) is 5.00. The maximum atomic E-state index is 11.9. The molecular weight excluding hydrogens is 324 g/mol. The number of amides is 2. The van der Waals surface area contributed by atoms with E-state index in [2.05, 4.69) is 5.32 Å². The highest BCUT2D eigenvalue weighted by atomic mass is 16.5. The molecule has 2 aromatic carbocycles. The average molecular weight is 342 g/mol. The summed E-state index contributed by atoms with van der Waals surface area (Å²) in [7, 11) is 0. The van der Waals surface area contributed by atoms with Crippen molar-refractivity contribution in [3.05, 3.63) is 59.7 Å². The first-order chi connectivity index (χ1) is 12.0. The lowest BCUT2D eigenvalue weighted by Crippen LogP contribution is -2.21. The molecule has 0 saturated heterocycles. The van der Waals surface area contributed by atoms with E-state index in [1.54, 1.807) is 49.4 Å². The molecular formula is C18H18N2O5. The van der Waals surface area contributed by atoms with E-state index >= 15 is 0 Å². The topological polar surface area (TPSA) is 108 Å². The minimum atomic E-state index is -0.634. The van der Waals surface area contributed by atoms with Gasteiger partial charge in [0.05, 0.1) is 17.7 Å². The van der Waals surface area contributed by atoms with Crippen molar-refractivity contribution < 1.29 is 23.9 Å². The highest BCUT2D eigenvalue weighted by molar-refractivity contribution is 5.96. The second-order valence-electron chi connectivity index (χ2n) is 5.00. The van der Waals surface area contributed by atoms with Crippen molar-refractivity contribution >= 4 is 23.5 Å². The summed E-state index contributed by atoms with van der Waals surface area (Å²) in [5, 5.41) is 2.63. The van der Waals surface area contributed by atoms with Crippen molar-refractivity contribution in [1.29, 1.82) is 0 Å². The van der Waals surface area contributed by atoms with Crippen LogP contribution in [0.15, 0.2) is 48.5 Å². The SMILES string of the molecule is CCOC(=O)c1ccc(NC(=O)COc2ccccc2C(N)=O)cc1. The molecule has 2 aromatic rings. The Hall–Kier alpha value is -3.35. The highest BCUT2D eigenvalue weighted by Crippen LogP contribution is 2.17. The number of benzene rings is 2. The Morgan fingerprint density at radius 2 is 1.72 bits per heavy atom. The maximum absolute atomic E-state index is 11.9. The number of hydrogen-bond donors (Lipinski definition) is 2. The number of primary amides is 1. The molecule has 0 aromatic heterocycles. The van der Waals surface area contributed by atoms with Gasteiger partial charge in [0.15, 0.2) is 6.61 Å². The number of carbonyl (C=O) groups excluding carboxylic acids is 3. The van der Waals surface area contributed by atoms with Gasteiger partial charge in [-0.2, -0.15) is 0 Å². The Bertz CT molecular complexity index is 771. The summed E-state index contributed by atoms with van der Waals surface area (Å²) < 4.78 is 10.2. The van der Waals surface area contributed by atoms with E-state index in [0.717, 1.165) is 0 Å². The fourth-order valence-corrected chi connectivity index (χ4v) is 2.04. The fourth-order valence-electron chi connectivity index (χ4n) is 2.04. The Morgan fingerprint density at radius 1 is 1.04 bits per heavy atom. The second kappa shape index (κ2) is 8.49. The Morgan fingerprint density at radius 3 is 2.36 bits per heavy atom. The van der Waals surface area contributed by atoms with Crippen LogP contribution in [-0.4, -0.2) is 31.0 Å². The number of esters is 1. The summed E-state index contributed by atoms with van der Waals surface area (Å²) in [5.74, 6) is -1.23. The van der Waals surface area contributed by atoms with Crippen LogP contribution in [0.2, 0.25) is 0 Å². The highest BCUT2D eigenvalue weighted by Gasteiger charge is 2.11. The molecule has 0 radical (unpaired) electrons. The molecule has 0 aliphatic heterocycles. The van der Waals surface area contributed by atoms with E-state index in [9.17, 15) is 14.4 Å². The third-order valence-electron chi connectivity index (χ3n) is 3.19. The van der Waals surface area contributed by atoms with Gasteiger partial charge in [0, 0.05) is 5.69 Å². The zero-order valence-electron chi connectivity index (χ0n) is 13.7. The number of hydrogen-bond acceptors (Lipinski definition) is 5. The molecule has 130 valence electrons. The molecule has 7 nitrogen and oxygen atoms in total. The van der Waals surface area contributed by atoms with Crippen molar-refractivity contribution in [1.82, 2.24) is 0 Å². The normalized spacial score (nSPS) is 9.96. The van der Waals surface area contributed by atoms with Crippen LogP contribution in [0.5, 0.6) is 5.75 Å². The van der Waals surface area contributed by atoms with E-state index in [1.165, 1.54) is 6.07 Å². The van der Waals surface area contributed by atoms with Gasteiger partial charge in [0.2, 0.25) is 0 Å². The van der Waals surface area contributed by atoms with Crippen LogP contribution >= 0.6 is 0 Å². The molecule has 0 unspecified atom stereocenters. The van der Waals surface area contributed by atoms with Crippen LogP contribution in [0.25, 0.3) is 0 Å². The van der Waals surface area contributed by atoms with Gasteiger partial charge < -0.3 is 20.5 Å². The summed E-state index contributed by atoms with van der Waals surface area (Å²) in [6.07, 6.45) is 0. The molecule has 0 spiro atoms. The van der Waals surface area contributed by atoms with Crippen molar-refractivity contribution in [2.75, 3.05) is 18.5 Å². The van der Waals surface area contributed by atoms with Gasteiger partial charge >= 0.3 is 5.97 Å². The van der Waals surface area contributed by atoms with Crippen molar-refractivity contribution in [3.63, 3.8) is 0 Å². The average Bonchev–Trinajstić information content (AvgIpc) is 2.61. The number of anilines is 1. The number of ether oxygens (including phenoxy) is 2. The first kappa shape index (κ1) is 18.0. The molecule has 0 aliphatic carbocycles. The van der Waals surface area contributed by atoms with E-state index < -0.39 is 17.8 Å². The number of nitrogens with two attached hydrogens (primary N) is 1. The van der Waals surface area contributed by atoms with Gasteiger partial charge in [-0.15, -0.1) is 0 Å². The predicted octanol–water partition coefficient (Wildman–Crippen LogP) is 1.98. The third kappa shape index (κ3) is 5.07. The van der Waals surface area contributed by atoms with Crippen LogP contribution < -0.4 is 15.8 Å². The number of nitrogens with one attached hydrogen (secondary N) is 1. The van der Waals surface area contributed by atoms with Crippen LogP contribution in [0.4, 0.5) is 5.69 Å². The minimum Gasteiger partial charge on any atom is -0.483 e. The number of para-hydroxylation sites is 1. The van der Waals surface area contributed by atoms with Gasteiger partial charge in [0.1, 0.15) is 5.75 Å². The monoisotopic (exact) mass is 342 g/mol. The van der Waals surface area contributed by atoms with Gasteiger partial charge in [0.25, 0.3) is 11.8 Å². The molecule has 2 rings (SSSR count). The van der Waals surface area contributed by atoms with E-state index in [1.807, 2.05) is 0 Å². The molecule has 7 heteroatoms. The molecule has 0 bridgehead atoms. The van der Waals surface area contributed by atoms with E-state index in [0.29, 0.717) is 17.9 Å². The quantitative estimate of drug-likeness (QED) is 0.748. The van der Waals surface area contributed by atoms with Gasteiger partial charge in [-0.05, 0) is 43.3 Å². The summed E-state index contributed by atoms with van der Waals surface area (Å²) in [4.78, 5) is 34.8. The number of rotatable bonds is 7. The molecule has 0 fully saturated rings. The van der Waals surface area contributed by atoms with Crippen LogP contribution in [-0.2, 0) is 9.53 Å². The van der Waals surface area contributed by atoms with E-state index in [4.69, 9.17) is 15.2 Å². The zero-order chi connectivity index (χ0) is 18.2. The van der Waals surface area contributed by atoms with Crippen LogP contribution in [0.3, 0.4) is 0 Å². The summed E-state index contributed by atoms with van der Waals surface area (Å²) in [6.45, 7) is 1.73. The van der Waals surface area contributed by atoms with Crippen molar-refractivity contribution in [3.8, 4) is 5.75 Å². The number of carbonyl (C=O) groups is 3. The standard InChI is InChI=1S/C18H18N2O5/c1-2-24-18(23)12-7-9-13(10-8-12)20-16(21)11-25-15-6-4-3-5-14(15)17(19)22/h3-10H,2,11H2,1H3,(H2,19,22)(H,20,21). The van der Waals surface area contributed by atoms with Gasteiger partial charge in [-0.1, -0.05) is 12.1 Å². The zero-order valence-corrected chi connectivity index (χ0v) is 13.7. The lowest BCUT2D eigenvalue weighted by Gasteiger charge is -2.10. The predicted molar refractivity (Wildman–Crippen MR) is 91.5 cm³/mol. The van der Waals surface area contributed by atoms with Gasteiger partial charge in [-0.25, -0.2) is 4.79 Å². The molecule has 0 saturated carbocycles. The minimum absolute atomic E-state index is 0.203. The van der Waals surface area contributed by atoms with Crippen molar-refractivity contribution in [2.24, 2.45) is 5.73 Å².